The van der Waals surface area contributed by atoms with Crippen molar-refractivity contribution < 1.29 is 19.4 Å². The number of hydrogen-bond acceptors (Lipinski definition) is 3. The first-order valence-electron chi connectivity index (χ1n) is 6.24. The summed E-state index contributed by atoms with van der Waals surface area (Å²) in [6.45, 7) is 0.461. The van der Waals surface area contributed by atoms with Crippen molar-refractivity contribution in [2.45, 2.75) is 13.0 Å². The van der Waals surface area contributed by atoms with Crippen molar-refractivity contribution in [3.8, 4) is 11.5 Å². The second-order valence-electron chi connectivity index (χ2n) is 4.35. The molecular weight excluding hydrogens is 256 g/mol. The second-order valence-corrected chi connectivity index (χ2v) is 4.35. The Balaban J connectivity index is 1.91. The van der Waals surface area contributed by atoms with Crippen LogP contribution in [0.15, 0.2) is 48.5 Å². The normalized spacial score (nSPS) is 10.1. The molecule has 0 bridgehead atoms. The molecule has 0 aliphatic rings. The number of rotatable bonds is 6. The first-order chi connectivity index (χ1) is 9.67. The van der Waals surface area contributed by atoms with Crippen LogP contribution in [0, 0.1) is 0 Å². The summed E-state index contributed by atoms with van der Waals surface area (Å²) in [7, 11) is 1.63. The summed E-state index contributed by atoms with van der Waals surface area (Å²) < 4.78 is 10.7. The standard InChI is InChI=1S/C16H16O4/c1-19-14-6-4-13(5-7-14)11-20-15-8-2-12(3-9-15)10-16(17)18/h2-9H,10-11H2,1H3,(H,17,18). The van der Waals surface area contributed by atoms with E-state index >= 15 is 0 Å². The average molecular weight is 272 g/mol. The largest absolute Gasteiger partial charge is 0.497 e. The summed E-state index contributed by atoms with van der Waals surface area (Å²) in [5.74, 6) is 0.693. The lowest BCUT2D eigenvalue weighted by atomic mass is 10.1. The van der Waals surface area contributed by atoms with Gasteiger partial charge in [0, 0.05) is 0 Å². The SMILES string of the molecule is COc1ccc(COc2ccc(CC(=O)O)cc2)cc1. The Morgan fingerprint density at radius 3 is 2.05 bits per heavy atom. The lowest BCUT2D eigenvalue weighted by molar-refractivity contribution is -0.136. The highest BCUT2D eigenvalue weighted by Crippen LogP contribution is 2.16. The quantitative estimate of drug-likeness (QED) is 0.878. The Morgan fingerprint density at radius 2 is 1.50 bits per heavy atom. The van der Waals surface area contributed by atoms with Crippen molar-refractivity contribution in [1.29, 1.82) is 0 Å². The Kier molecular flexibility index (Phi) is 4.60. The molecule has 0 unspecified atom stereocenters. The molecule has 0 heterocycles. The maximum absolute atomic E-state index is 10.6. The molecule has 0 amide bonds. The van der Waals surface area contributed by atoms with Gasteiger partial charge in [0.2, 0.25) is 0 Å². The minimum Gasteiger partial charge on any atom is -0.497 e. The summed E-state index contributed by atoms with van der Waals surface area (Å²) in [4.78, 5) is 10.6. The van der Waals surface area contributed by atoms with Gasteiger partial charge in [0.25, 0.3) is 0 Å². The molecule has 1 N–H and O–H groups in total. The van der Waals surface area contributed by atoms with Crippen molar-refractivity contribution in [2.75, 3.05) is 7.11 Å². The summed E-state index contributed by atoms with van der Waals surface area (Å²) in [5.41, 5.74) is 1.80. The lowest BCUT2D eigenvalue weighted by Gasteiger charge is -2.07. The summed E-state index contributed by atoms with van der Waals surface area (Å²) in [6.07, 6.45) is 0.0265. The minimum absolute atomic E-state index is 0.0265. The molecule has 2 aromatic rings. The zero-order valence-corrected chi connectivity index (χ0v) is 11.2. The molecule has 0 saturated heterocycles. The highest BCUT2D eigenvalue weighted by molar-refractivity contribution is 5.70. The van der Waals surface area contributed by atoms with Gasteiger partial charge in [-0.2, -0.15) is 0 Å². The van der Waals surface area contributed by atoms with Crippen LogP contribution in [0.4, 0.5) is 0 Å². The highest BCUT2D eigenvalue weighted by Gasteiger charge is 2.01. The van der Waals surface area contributed by atoms with Gasteiger partial charge in [-0.25, -0.2) is 0 Å². The molecule has 2 rings (SSSR count). The molecule has 20 heavy (non-hydrogen) atoms. The van der Waals surface area contributed by atoms with Crippen molar-refractivity contribution in [2.24, 2.45) is 0 Å². The number of carboxylic acids is 1. The first kappa shape index (κ1) is 13.9. The summed E-state index contributed by atoms with van der Waals surface area (Å²) >= 11 is 0. The zero-order valence-electron chi connectivity index (χ0n) is 11.2. The molecule has 0 atom stereocenters. The number of methoxy groups -OCH3 is 1. The third-order valence-corrected chi connectivity index (χ3v) is 2.84. The molecule has 0 aromatic heterocycles. The number of aliphatic carboxylic acids is 1. The van der Waals surface area contributed by atoms with Gasteiger partial charge in [-0.15, -0.1) is 0 Å². The predicted octanol–water partition coefficient (Wildman–Crippen LogP) is 2.90. The molecule has 104 valence electrons. The number of carboxylic acid groups (broad SMARTS) is 1. The van der Waals surface area contributed by atoms with Gasteiger partial charge in [0.1, 0.15) is 18.1 Å². The van der Waals surface area contributed by atoms with Crippen LogP contribution in [0.5, 0.6) is 11.5 Å². The van der Waals surface area contributed by atoms with Gasteiger partial charge in [0.15, 0.2) is 0 Å². The van der Waals surface area contributed by atoms with Crippen LogP contribution in [0.3, 0.4) is 0 Å². The van der Waals surface area contributed by atoms with Crippen molar-refractivity contribution in [3.63, 3.8) is 0 Å². The fourth-order valence-corrected chi connectivity index (χ4v) is 1.77. The average Bonchev–Trinajstić information content (AvgIpc) is 2.46. The van der Waals surface area contributed by atoms with Gasteiger partial charge >= 0.3 is 5.97 Å². The first-order valence-corrected chi connectivity index (χ1v) is 6.24. The Hall–Kier alpha value is -2.49. The fraction of sp³-hybridized carbons (Fsp3) is 0.188. The molecule has 2 aromatic carbocycles. The molecule has 0 spiro atoms. The Bertz CT molecular complexity index is 558. The second kappa shape index (κ2) is 6.61. The van der Waals surface area contributed by atoms with Crippen molar-refractivity contribution >= 4 is 5.97 Å². The highest BCUT2D eigenvalue weighted by atomic mass is 16.5. The summed E-state index contributed by atoms with van der Waals surface area (Å²) in [6, 6.07) is 14.7. The van der Waals surface area contributed by atoms with Crippen LogP contribution in [0.25, 0.3) is 0 Å². The van der Waals surface area contributed by atoms with E-state index < -0.39 is 5.97 Å². The van der Waals surface area contributed by atoms with Gasteiger partial charge in [0.05, 0.1) is 13.5 Å². The molecule has 0 radical (unpaired) electrons. The third-order valence-electron chi connectivity index (χ3n) is 2.84. The van der Waals surface area contributed by atoms with Crippen LogP contribution in [0.1, 0.15) is 11.1 Å². The Morgan fingerprint density at radius 1 is 0.950 bits per heavy atom. The van der Waals surface area contributed by atoms with E-state index in [1.165, 1.54) is 0 Å². The van der Waals surface area contributed by atoms with Crippen LogP contribution in [-0.2, 0) is 17.8 Å². The van der Waals surface area contributed by atoms with Gasteiger partial charge in [-0.1, -0.05) is 24.3 Å². The van der Waals surface area contributed by atoms with E-state index in [9.17, 15) is 4.79 Å². The van der Waals surface area contributed by atoms with Crippen LogP contribution in [0.2, 0.25) is 0 Å². The number of ether oxygens (including phenoxy) is 2. The molecule has 0 fully saturated rings. The van der Waals surface area contributed by atoms with Crippen LogP contribution < -0.4 is 9.47 Å². The maximum atomic E-state index is 10.6. The van der Waals surface area contributed by atoms with Gasteiger partial charge in [-0.05, 0) is 35.4 Å². The molecule has 0 aliphatic carbocycles. The predicted molar refractivity (Wildman–Crippen MR) is 75.1 cm³/mol. The van der Waals surface area contributed by atoms with E-state index in [1.54, 1.807) is 31.4 Å². The molecule has 0 saturated carbocycles. The van der Waals surface area contributed by atoms with Crippen LogP contribution >= 0.6 is 0 Å². The maximum Gasteiger partial charge on any atom is 0.307 e. The lowest BCUT2D eigenvalue weighted by Crippen LogP contribution is -2.00. The number of benzene rings is 2. The zero-order chi connectivity index (χ0) is 14.4. The summed E-state index contributed by atoms with van der Waals surface area (Å²) in [5, 5.41) is 8.69. The van der Waals surface area contributed by atoms with Gasteiger partial charge in [-0.3, -0.25) is 4.79 Å². The smallest absolute Gasteiger partial charge is 0.307 e. The molecule has 4 nitrogen and oxygen atoms in total. The minimum atomic E-state index is -0.836. The van der Waals surface area contributed by atoms with E-state index in [0.29, 0.717) is 6.61 Å². The topological polar surface area (TPSA) is 55.8 Å². The monoisotopic (exact) mass is 272 g/mol. The molecular formula is C16H16O4. The van der Waals surface area contributed by atoms with E-state index in [0.717, 1.165) is 22.6 Å². The third kappa shape index (κ3) is 4.02. The van der Waals surface area contributed by atoms with Crippen LogP contribution in [-0.4, -0.2) is 18.2 Å². The number of carbonyl (C=O) groups is 1. The fourth-order valence-electron chi connectivity index (χ4n) is 1.77. The Labute approximate surface area is 117 Å². The molecule has 0 aliphatic heterocycles. The van der Waals surface area contributed by atoms with E-state index in [2.05, 4.69) is 0 Å². The van der Waals surface area contributed by atoms with E-state index in [-0.39, 0.29) is 6.42 Å². The van der Waals surface area contributed by atoms with E-state index in [1.807, 2.05) is 24.3 Å². The van der Waals surface area contributed by atoms with Gasteiger partial charge < -0.3 is 14.6 Å². The van der Waals surface area contributed by atoms with Crippen molar-refractivity contribution in [3.05, 3.63) is 59.7 Å². The molecule has 4 heteroatoms. The number of hydrogen-bond donors (Lipinski definition) is 1. The van der Waals surface area contributed by atoms with Crippen molar-refractivity contribution in [1.82, 2.24) is 0 Å². The van der Waals surface area contributed by atoms with E-state index in [4.69, 9.17) is 14.6 Å².